The molecule has 0 bridgehead atoms. The monoisotopic (exact) mass is 277 g/mol. The van der Waals surface area contributed by atoms with Gasteiger partial charge in [0.1, 0.15) is 0 Å². The fourth-order valence-corrected chi connectivity index (χ4v) is 3.79. The van der Waals surface area contributed by atoms with Gasteiger partial charge in [0.2, 0.25) is 10.0 Å². The standard InChI is InChI=1S/C10H19N3O2S2/c1-7(2)6-17(14,15)13-10-12-9(5-16-10)8(3)11-4/h5,7-8,11H,6H2,1-4H3,(H,12,13). The van der Waals surface area contributed by atoms with Crippen LogP contribution in [0.2, 0.25) is 0 Å². The lowest BCUT2D eigenvalue weighted by molar-refractivity contribution is 0.587. The summed E-state index contributed by atoms with van der Waals surface area (Å²) in [4.78, 5) is 4.24. The summed E-state index contributed by atoms with van der Waals surface area (Å²) < 4.78 is 25.9. The molecule has 1 aromatic heterocycles. The molecule has 0 amide bonds. The summed E-state index contributed by atoms with van der Waals surface area (Å²) in [5.74, 6) is 0.215. The molecule has 0 saturated heterocycles. The first-order valence-corrected chi connectivity index (χ1v) is 8.00. The van der Waals surface area contributed by atoms with Crippen molar-refractivity contribution in [1.29, 1.82) is 0 Å². The molecule has 0 aromatic carbocycles. The molecule has 0 aliphatic heterocycles. The van der Waals surface area contributed by atoms with Gasteiger partial charge in [-0.15, -0.1) is 11.3 Å². The molecule has 1 rings (SSSR count). The van der Waals surface area contributed by atoms with Crippen LogP contribution in [0.1, 0.15) is 32.5 Å². The Labute approximate surface area is 107 Å². The molecule has 1 unspecified atom stereocenters. The van der Waals surface area contributed by atoms with Crippen molar-refractivity contribution in [3.8, 4) is 0 Å². The van der Waals surface area contributed by atoms with Gasteiger partial charge in [0, 0.05) is 11.4 Å². The zero-order chi connectivity index (χ0) is 13.1. The Morgan fingerprint density at radius 3 is 2.59 bits per heavy atom. The summed E-state index contributed by atoms with van der Waals surface area (Å²) in [6.07, 6.45) is 0. The van der Waals surface area contributed by atoms with E-state index >= 15 is 0 Å². The van der Waals surface area contributed by atoms with Crippen LogP contribution in [0.25, 0.3) is 0 Å². The van der Waals surface area contributed by atoms with Gasteiger partial charge in [-0.2, -0.15) is 0 Å². The number of aromatic nitrogens is 1. The Morgan fingerprint density at radius 1 is 1.41 bits per heavy atom. The zero-order valence-electron chi connectivity index (χ0n) is 10.5. The van der Waals surface area contributed by atoms with Crippen LogP contribution in [0.5, 0.6) is 0 Å². The van der Waals surface area contributed by atoms with E-state index in [-0.39, 0.29) is 17.7 Å². The topological polar surface area (TPSA) is 71.1 Å². The second-order valence-electron chi connectivity index (χ2n) is 4.37. The average Bonchev–Trinajstić information content (AvgIpc) is 2.61. The minimum absolute atomic E-state index is 0.100. The third-order valence-corrected chi connectivity index (χ3v) is 4.71. The molecule has 0 aliphatic carbocycles. The maximum Gasteiger partial charge on any atom is 0.234 e. The second-order valence-corrected chi connectivity index (χ2v) is 6.99. The summed E-state index contributed by atoms with van der Waals surface area (Å²) in [7, 11) is -1.44. The molecule has 0 aliphatic rings. The van der Waals surface area contributed by atoms with Crippen molar-refractivity contribution in [2.45, 2.75) is 26.8 Å². The molecule has 1 heterocycles. The lowest BCUT2D eigenvalue weighted by atomic mass is 10.3. The van der Waals surface area contributed by atoms with Crippen LogP contribution in [-0.2, 0) is 10.0 Å². The lowest BCUT2D eigenvalue weighted by Gasteiger charge is -2.07. The number of sulfonamides is 1. The molecule has 1 atom stereocenters. The normalized spacial score (nSPS) is 13.9. The Morgan fingerprint density at radius 2 is 2.06 bits per heavy atom. The van der Waals surface area contributed by atoms with Crippen molar-refractivity contribution >= 4 is 26.5 Å². The molecular weight excluding hydrogens is 258 g/mol. The highest BCUT2D eigenvalue weighted by atomic mass is 32.2. The van der Waals surface area contributed by atoms with Gasteiger partial charge in [0.15, 0.2) is 5.13 Å². The Kier molecular flexibility index (Phi) is 4.91. The molecule has 0 radical (unpaired) electrons. The van der Waals surface area contributed by atoms with E-state index in [0.717, 1.165) is 5.69 Å². The molecule has 0 saturated carbocycles. The van der Waals surface area contributed by atoms with E-state index in [1.54, 1.807) is 0 Å². The molecule has 1 aromatic rings. The maximum atomic E-state index is 11.7. The highest BCUT2D eigenvalue weighted by molar-refractivity contribution is 7.92. The zero-order valence-corrected chi connectivity index (χ0v) is 12.2. The predicted molar refractivity (Wildman–Crippen MR) is 71.8 cm³/mol. The summed E-state index contributed by atoms with van der Waals surface area (Å²) >= 11 is 1.31. The molecule has 0 spiro atoms. The van der Waals surface area contributed by atoms with Crippen LogP contribution in [0.4, 0.5) is 5.13 Å². The van der Waals surface area contributed by atoms with Gasteiger partial charge >= 0.3 is 0 Å². The second kappa shape index (κ2) is 5.79. The minimum Gasteiger partial charge on any atom is -0.312 e. The van der Waals surface area contributed by atoms with Gasteiger partial charge in [-0.1, -0.05) is 13.8 Å². The fraction of sp³-hybridized carbons (Fsp3) is 0.700. The quantitative estimate of drug-likeness (QED) is 0.832. The van der Waals surface area contributed by atoms with Crippen LogP contribution >= 0.6 is 11.3 Å². The van der Waals surface area contributed by atoms with Crippen molar-refractivity contribution in [2.24, 2.45) is 5.92 Å². The number of nitrogens with one attached hydrogen (secondary N) is 2. The number of hydrogen-bond donors (Lipinski definition) is 2. The van der Waals surface area contributed by atoms with E-state index in [1.165, 1.54) is 11.3 Å². The van der Waals surface area contributed by atoms with Gasteiger partial charge < -0.3 is 5.32 Å². The van der Waals surface area contributed by atoms with Gasteiger partial charge in [0.05, 0.1) is 11.4 Å². The highest BCUT2D eigenvalue weighted by Crippen LogP contribution is 2.21. The Bertz CT molecular complexity index is 454. The molecule has 98 valence electrons. The summed E-state index contributed by atoms with van der Waals surface area (Å²) in [5, 5.41) is 5.35. The predicted octanol–water partition coefficient (Wildman–Crippen LogP) is 1.82. The van der Waals surface area contributed by atoms with Crippen molar-refractivity contribution in [3.63, 3.8) is 0 Å². The van der Waals surface area contributed by atoms with Crippen molar-refractivity contribution in [2.75, 3.05) is 17.5 Å². The average molecular weight is 277 g/mol. The number of anilines is 1. The first-order chi connectivity index (χ1) is 7.84. The first kappa shape index (κ1) is 14.4. The van der Waals surface area contributed by atoms with E-state index in [9.17, 15) is 8.42 Å². The number of hydrogen-bond acceptors (Lipinski definition) is 5. The van der Waals surface area contributed by atoms with Gasteiger partial charge in [0.25, 0.3) is 0 Å². The van der Waals surface area contributed by atoms with Gasteiger partial charge in [-0.3, -0.25) is 4.72 Å². The van der Waals surface area contributed by atoms with Crippen molar-refractivity contribution < 1.29 is 8.42 Å². The van der Waals surface area contributed by atoms with Crippen LogP contribution in [-0.4, -0.2) is 26.2 Å². The molecular formula is C10H19N3O2S2. The fourth-order valence-electron chi connectivity index (χ4n) is 1.29. The van der Waals surface area contributed by atoms with Crippen molar-refractivity contribution in [3.05, 3.63) is 11.1 Å². The summed E-state index contributed by atoms with van der Waals surface area (Å²) in [6.45, 7) is 5.71. The molecule has 2 N–H and O–H groups in total. The Hall–Kier alpha value is -0.660. The largest absolute Gasteiger partial charge is 0.312 e. The van der Waals surface area contributed by atoms with Crippen molar-refractivity contribution in [1.82, 2.24) is 10.3 Å². The third kappa shape index (κ3) is 4.61. The summed E-state index contributed by atoms with van der Waals surface area (Å²) in [6, 6.07) is 0.120. The summed E-state index contributed by atoms with van der Waals surface area (Å²) in [5.41, 5.74) is 0.847. The molecule has 17 heavy (non-hydrogen) atoms. The third-order valence-electron chi connectivity index (χ3n) is 2.19. The Balaban J connectivity index is 2.73. The van der Waals surface area contributed by atoms with E-state index in [2.05, 4.69) is 15.0 Å². The number of thiazole rings is 1. The number of nitrogens with zero attached hydrogens (tertiary/aromatic N) is 1. The lowest BCUT2D eigenvalue weighted by Crippen LogP contribution is -2.20. The maximum absolute atomic E-state index is 11.7. The van der Waals surface area contributed by atoms with E-state index in [1.807, 2.05) is 33.2 Å². The molecule has 0 fully saturated rings. The van der Waals surface area contributed by atoms with Gasteiger partial charge in [-0.05, 0) is 19.9 Å². The molecule has 7 heteroatoms. The van der Waals surface area contributed by atoms with Crippen LogP contribution in [0.15, 0.2) is 5.38 Å². The van der Waals surface area contributed by atoms with Gasteiger partial charge in [-0.25, -0.2) is 13.4 Å². The van der Waals surface area contributed by atoms with Crippen LogP contribution in [0.3, 0.4) is 0 Å². The van der Waals surface area contributed by atoms with Crippen LogP contribution < -0.4 is 10.0 Å². The van der Waals surface area contributed by atoms with E-state index < -0.39 is 10.0 Å². The first-order valence-electron chi connectivity index (χ1n) is 5.47. The highest BCUT2D eigenvalue weighted by Gasteiger charge is 2.15. The van der Waals surface area contributed by atoms with E-state index in [4.69, 9.17) is 0 Å². The smallest absolute Gasteiger partial charge is 0.234 e. The SMILES string of the molecule is CNC(C)c1csc(NS(=O)(=O)CC(C)C)n1. The molecule has 5 nitrogen and oxygen atoms in total. The minimum atomic E-state index is -3.28. The van der Waals surface area contributed by atoms with Crippen LogP contribution in [0, 0.1) is 5.92 Å². The number of rotatable bonds is 6. The van der Waals surface area contributed by atoms with E-state index in [0.29, 0.717) is 5.13 Å².